The van der Waals surface area contributed by atoms with Gasteiger partial charge in [-0.2, -0.15) is 11.8 Å². The SMILES string of the molecule is Cc1cccc(NC(=O)NCCCSCc2ccccc2)c1. The van der Waals surface area contributed by atoms with Gasteiger partial charge in [0.25, 0.3) is 0 Å². The van der Waals surface area contributed by atoms with Gasteiger partial charge in [-0.3, -0.25) is 0 Å². The van der Waals surface area contributed by atoms with Gasteiger partial charge in [0.1, 0.15) is 0 Å². The third kappa shape index (κ3) is 6.22. The first kappa shape index (κ1) is 16.4. The number of hydrogen-bond donors (Lipinski definition) is 2. The van der Waals surface area contributed by atoms with Crippen molar-refractivity contribution < 1.29 is 4.79 Å². The summed E-state index contributed by atoms with van der Waals surface area (Å²) in [6.45, 7) is 2.70. The fourth-order valence-electron chi connectivity index (χ4n) is 2.04. The van der Waals surface area contributed by atoms with Gasteiger partial charge in [0, 0.05) is 18.0 Å². The topological polar surface area (TPSA) is 41.1 Å². The second-order valence-corrected chi connectivity index (χ2v) is 6.25. The molecular formula is C18H22N2OS. The first-order chi connectivity index (χ1) is 10.7. The van der Waals surface area contributed by atoms with E-state index in [9.17, 15) is 4.79 Å². The molecule has 0 heterocycles. The largest absolute Gasteiger partial charge is 0.338 e. The Hall–Kier alpha value is -1.94. The molecule has 3 nitrogen and oxygen atoms in total. The number of hydrogen-bond acceptors (Lipinski definition) is 2. The van der Waals surface area contributed by atoms with E-state index < -0.39 is 0 Å². The van der Waals surface area contributed by atoms with Gasteiger partial charge in [-0.1, -0.05) is 42.5 Å². The first-order valence-electron chi connectivity index (χ1n) is 7.47. The van der Waals surface area contributed by atoms with Crippen LogP contribution in [0.15, 0.2) is 54.6 Å². The Morgan fingerprint density at radius 3 is 2.68 bits per heavy atom. The van der Waals surface area contributed by atoms with E-state index in [-0.39, 0.29) is 6.03 Å². The number of nitrogens with one attached hydrogen (secondary N) is 2. The van der Waals surface area contributed by atoms with Crippen LogP contribution in [-0.4, -0.2) is 18.3 Å². The Morgan fingerprint density at radius 2 is 1.91 bits per heavy atom. The van der Waals surface area contributed by atoms with Crippen LogP contribution in [0, 0.1) is 6.92 Å². The third-order valence-electron chi connectivity index (χ3n) is 3.14. The summed E-state index contributed by atoms with van der Waals surface area (Å²) >= 11 is 1.89. The molecule has 0 aromatic heterocycles. The highest BCUT2D eigenvalue weighted by molar-refractivity contribution is 7.98. The molecule has 0 bridgehead atoms. The Balaban J connectivity index is 1.56. The number of amides is 2. The van der Waals surface area contributed by atoms with Gasteiger partial charge in [-0.25, -0.2) is 4.79 Å². The average Bonchev–Trinajstić information content (AvgIpc) is 2.52. The maximum absolute atomic E-state index is 11.7. The van der Waals surface area contributed by atoms with E-state index in [1.165, 1.54) is 5.56 Å². The number of thioether (sulfide) groups is 1. The first-order valence-corrected chi connectivity index (χ1v) is 8.63. The van der Waals surface area contributed by atoms with Gasteiger partial charge in [-0.15, -0.1) is 0 Å². The van der Waals surface area contributed by atoms with Crippen LogP contribution in [-0.2, 0) is 5.75 Å². The van der Waals surface area contributed by atoms with Crippen molar-refractivity contribution in [3.8, 4) is 0 Å². The molecular weight excluding hydrogens is 292 g/mol. The van der Waals surface area contributed by atoms with Gasteiger partial charge in [-0.05, 0) is 42.4 Å². The summed E-state index contributed by atoms with van der Waals surface area (Å²) < 4.78 is 0. The number of carbonyl (C=O) groups excluding carboxylic acids is 1. The number of carbonyl (C=O) groups is 1. The fraction of sp³-hybridized carbons (Fsp3) is 0.278. The lowest BCUT2D eigenvalue weighted by molar-refractivity contribution is 0.252. The number of aryl methyl sites for hydroxylation is 1. The minimum atomic E-state index is -0.140. The maximum Gasteiger partial charge on any atom is 0.319 e. The highest BCUT2D eigenvalue weighted by Gasteiger charge is 2.01. The molecule has 2 aromatic rings. The Labute approximate surface area is 136 Å². The molecule has 0 radical (unpaired) electrons. The molecule has 116 valence electrons. The van der Waals surface area contributed by atoms with Crippen molar-refractivity contribution in [2.75, 3.05) is 17.6 Å². The normalized spacial score (nSPS) is 10.2. The molecule has 4 heteroatoms. The lowest BCUT2D eigenvalue weighted by atomic mass is 10.2. The van der Waals surface area contributed by atoms with Crippen molar-refractivity contribution in [2.24, 2.45) is 0 Å². The lowest BCUT2D eigenvalue weighted by Gasteiger charge is -2.08. The summed E-state index contributed by atoms with van der Waals surface area (Å²) in [5.74, 6) is 2.07. The molecule has 0 saturated carbocycles. The highest BCUT2D eigenvalue weighted by Crippen LogP contribution is 2.12. The summed E-state index contributed by atoms with van der Waals surface area (Å²) in [5, 5.41) is 5.73. The number of anilines is 1. The van der Waals surface area contributed by atoms with E-state index in [1.807, 2.05) is 49.0 Å². The molecule has 0 spiro atoms. The summed E-state index contributed by atoms with van der Waals surface area (Å²) in [6, 6.07) is 18.1. The van der Waals surface area contributed by atoms with Gasteiger partial charge in [0.2, 0.25) is 0 Å². The van der Waals surface area contributed by atoms with Crippen molar-refractivity contribution in [3.05, 3.63) is 65.7 Å². The molecule has 0 unspecified atom stereocenters. The van der Waals surface area contributed by atoms with E-state index in [0.717, 1.165) is 29.2 Å². The minimum absolute atomic E-state index is 0.140. The molecule has 2 aromatic carbocycles. The Bertz CT molecular complexity index is 587. The molecule has 2 N–H and O–H groups in total. The zero-order chi connectivity index (χ0) is 15.6. The van der Waals surface area contributed by atoms with Crippen molar-refractivity contribution >= 4 is 23.5 Å². The molecule has 0 aliphatic rings. The molecule has 0 saturated heterocycles. The standard InChI is InChI=1S/C18H22N2OS/c1-15-7-5-10-17(13-15)20-18(21)19-11-6-12-22-14-16-8-3-2-4-9-16/h2-5,7-10,13H,6,11-12,14H2,1H3,(H2,19,20,21). The third-order valence-corrected chi connectivity index (χ3v) is 4.25. The molecule has 0 aliphatic carbocycles. The fourth-order valence-corrected chi connectivity index (χ4v) is 2.96. The summed E-state index contributed by atoms with van der Waals surface area (Å²) in [6.07, 6.45) is 0.971. The van der Waals surface area contributed by atoms with Crippen LogP contribution in [0.5, 0.6) is 0 Å². The zero-order valence-electron chi connectivity index (χ0n) is 12.8. The number of benzene rings is 2. The van der Waals surface area contributed by atoms with Crippen LogP contribution < -0.4 is 10.6 Å². The molecule has 0 aliphatic heterocycles. The van der Waals surface area contributed by atoms with Crippen LogP contribution in [0.3, 0.4) is 0 Å². The molecule has 0 fully saturated rings. The van der Waals surface area contributed by atoms with E-state index >= 15 is 0 Å². The molecule has 2 rings (SSSR count). The van der Waals surface area contributed by atoms with Gasteiger partial charge in [0.05, 0.1) is 0 Å². The average molecular weight is 314 g/mol. The van der Waals surface area contributed by atoms with E-state index in [1.54, 1.807) is 0 Å². The van der Waals surface area contributed by atoms with Crippen LogP contribution in [0.4, 0.5) is 10.5 Å². The van der Waals surface area contributed by atoms with Crippen LogP contribution in [0.2, 0.25) is 0 Å². The van der Waals surface area contributed by atoms with Crippen molar-refractivity contribution in [1.82, 2.24) is 5.32 Å². The Kier molecular flexibility index (Phi) is 6.84. The van der Waals surface area contributed by atoms with E-state index in [0.29, 0.717) is 6.54 Å². The zero-order valence-corrected chi connectivity index (χ0v) is 13.7. The van der Waals surface area contributed by atoms with E-state index in [2.05, 4.69) is 34.9 Å². The van der Waals surface area contributed by atoms with Gasteiger partial charge in [0.15, 0.2) is 0 Å². The van der Waals surface area contributed by atoms with Crippen molar-refractivity contribution in [3.63, 3.8) is 0 Å². The molecule has 0 atom stereocenters. The maximum atomic E-state index is 11.7. The number of rotatable bonds is 7. The predicted molar refractivity (Wildman–Crippen MR) is 95.4 cm³/mol. The lowest BCUT2D eigenvalue weighted by Crippen LogP contribution is -2.29. The minimum Gasteiger partial charge on any atom is -0.338 e. The van der Waals surface area contributed by atoms with Crippen molar-refractivity contribution in [1.29, 1.82) is 0 Å². The van der Waals surface area contributed by atoms with Crippen molar-refractivity contribution in [2.45, 2.75) is 19.1 Å². The summed E-state index contributed by atoms with van der Waals surface area (Å²) in [5.41, 5.74) is 3.31. The van der Waals surface area contributed by atoms with Crippen LogP contribution in [0.1, 0.15) is 17.5 Å². The van der Waals surface area contributed by atoms with Gasteiger partial charge >= 0.3 is 6.03 Å². The Morgan fingerprint density at radius 1 is 1.09 bits per heavy atom. The predicted octanol–water partition coefficient (Wildman–Crippen LogP) is 4.44. The molecule has 22 heavy (non-hydrogen) atoms. The summed E-state index contributed by atoms with van der Waals surface area (Å²) in [7, 11) is 0. The van der Waals surface area contributed by atoms with Crippen LogP contribution in [0.25, 0.3) is 0 Å². The van der Waals surface area contributed by atoms with E-state index in [4.69, 9.17) is 0 Å². The van der Waals surface area contributed by atoms with Crippen LogP contribution >= 0.6 is 11.8 Å². The van der Waals surface area contributed by atoms with Gasteiger partial charge < -0.3 is 10.6 Å². The second kappa shape index (κ2) is 9.15. The second-order valence-electron chi connectivity index (χ2n) is 5.14. The monoisotopic (exact) mass is 314 g/mol. The summed E-state index contributed by atoms with van der Waals surface area (Å²) in [4.78, 5) is 11.7. The number of urea groups is 1. The quantitative estimate of drug-likeness (QED) is 0.742. The highest BCUT2D eigenvalue weighted by atomic mass is 32.2. The molecule has 2 amide bonds. The smallest absolute Gasteiger partial charge is 0.319 e.